The molecule has 1 aliphatic heterocycles. The van der Waals surface area contributed by atoms with Crippen molar-refractivity contribution < 1.29 is 5.11 Å². The van der Waals surface area contributed by atoms with Crippen molar-refractivity contribution in [3.63, 3.8) is 0 Å². The Hall–Kier alpha value is -3.03. The van der Waals surface area contributed by atoms with Crippen LogP contribution in [0.5, 0.6) is 5.88 Å². The number of nitrogens with one attached hydrogen (secondary N) is 2. The van der Waals surface area contributed by atoms with Crippen LogP contribution in [-0.4, -0.2) is 33.5 Å². The maximum Gasteiger partial charge on any atom is 0.330 e. The lowest BCUT2D eigenvalue weighted by atomic mass is 9.99. The van der Waals surface area contributed by atoms with Gasteiger partial charge in [-0.15, -0.1) is 0 Å². The highest BCUT2D eigenvalue weighted by atomic mass is 16.3. The van der Waals surface area contributed by atoms with Gasteiger partial charge in [0.2, 0.25) is 5.88 Å². The molecule has 0 saturated carbocycles. The standard InChI is InChI=1S/C18H23N5O3/c1-4-23(5-2)12-8-6-11(7-9-12)13-10-14(21-20-13)15-16(24)19-18(26)22(3)17(15)25/h6-9,13,20,25H,4-5,10H2,1-3H3,(H,19,24,26). The highest BCUT2D eigenvalue weighted by Crippen LogP contribution is 2.27. The normalized spacial score (nSPS) is 16.3. The Morgan fingerprint density at radius 3 is 2.50 bits per heavy atom. The first-order valence-corrected chi connectivity index (χ1v) is 8.65. The van der Waals surface area contributed by atoms with Crippen LogP contribution in [0.4, 0.5) is 5.69 Å². The summed E-state index contributed by atoms with van der Waals surface area (Å²) in [4.78, 5) is 28.1. The number of hydrogen-bond acceptors (Lipinski definition) is 6. The lowest BCUT2D eigenvalue weighted by molar-refractivity contribution is 0.416. The fraction of sp³-hybridized carbons (Fsp3) is 0.389. The van der Waals surface area contributed by atoms with Crippen molar-refractivity contribution in [2.45, 2.75) is 26.3 Å². The van der Waals surface area contributed by atoms with E-state index in [9.17, 15) is 14.7 Å². The predicted molar refractivity (Wildman–Crippen MR) is 101 cm³/mol. The predicted octanol–water partition coefficient (Wildman–Crippen LogP) is 1.06. The van der Waals surface area contributed by atoms with Crippen molar-refractivity contribution in [2.24, 2.45) is 12.1 Å². The first kappa shape index (κ1) is 17.8. The molecule has 0 saturated heterocycles. The van der Waals surface area contributed by atoms with Crippen LogP contribution in [0, 0.1) is 0 Å². The number of H-pyrrole nitrogens is 1. The molecule has 0 radical (unpaired) electrons. The number of nitrogens with zero attached hydrogens (tertiary/aromatic N) is 3. The van der Waals surface area contributed by atoms with E-state index in [1.807, 2.05) is 12.1 Å². The van der Waals surface area contributed by atoms with Crippen LogP contribution < -0.4 is 21.6 Å². The molecule has 8 nitrogen and oxygen atoms in total. The molecule has 2 heterocycles. The number of anilines is 1. The van der Waals surface area contributed by atoms with Crippen molar-refractivity contribution >= 4 is 11.4 Å². The maximum absolute atomic E-state index is 12.1. The third-order valence-electron chi connectivity index (χ3n) is 4.76. The van der Waals surface area contributed by atoms with Gasteiger partial charge in [0.15, 0.2) is 0 Å². The molecule has 1 aromatic heterocycles. The van der Waals surface area contributed by atoms with E-state index >= 15 is 0 Å². The molecule has 1 atom stereocenters. The number of aromatic nitrogens is 2. The molecule has 3 N–H and O–H groups in total. The Morgan fingerprint density at radius 2 is 1.88 bits per heavy atom. The number of aromatic hydroxyl groups is 1. The molecule has 8 heteroatoms. The van der Waals surface area contributed by atoms with Gasteiger partial charge in [0.05, 0.1) is 11.8 Å². The van der Waals surface area contributed by atoms with Crippen LogP contribution in [0.3, 0.4) is 0 Å². The monoisotopic (exact) mass is 357 g/mol. The molecule has 0 aliphatic carbocycles. The molecule has 26 heavy (non-hydrogen) atoms. The number of hydrogen-bond donors (Lipinski definition) is 3. The molecule has 1 aliphatic rings. The summed E-state index contributed by atoms with van der Waals surface area (Å²) in [6, 6.07) is 8.12. The average Bonchev–Trinajstić information content (AvgIpc) is 3.11. The lowest BCUT2D eigenvalue weighted by Gasteiger charge is -2.21. The molecule has 3 rings (SSSR count). The molecule has 0 amide bonds. The van der Waals surface area contributed by atoms with Crippen LogP contribution >= 0.6 is 0 Å². The Kier molecular flexibility index (Phi) is 4.83. The summed E-state index contributed by atoms with van der Waals surface area (Å²) < 4.78 is 0.992. The highest BCUT2D eigenvalue weighted by Gasteiger charge is 2.26. The second kappa shape index (κ2) is 7.07. The SMILES string of the molecule is CCN(CC)c1ccc(C2CC(c3c(O)n(C)c(=O)[nH]c3=O)=NN2)cc1. The van der Waals surface area contributed by atoms with Gasteiger partial charge in [-0.05, 0) is 31.5 Å². The Labute approximate surface area is 150 Å². The van der Waals surface area contributed by atoms with Crippen molar-refractivity contribution in [2.75, 3.05) is 18.0 Å². The van der Waals surface area contributed by atoms with Gasteiger partial charge in [0.1, 0.15) is 5.56 Å². The molecule has 138 valence electrons. The van der Waals surface area contributed by atoms with Gasteiger partial charge in [0.25, 0.3) is 5.56 Å². The third-order valence-corrected chi connectivity index (χ3v) is 4.76. The second-order valence-corrected chi connectivity index (χ2v) is 6.23. The zero-order valence-electron chi connectivity index (χ0n) is 15.1. The minimum absolute atomic E-state index is 0.0295. The van der Waals surface area contributed by atoms with Gasteiger partial charge in [-0.1, -0.05) is 12.1 Å². The third kappa shape index (κ3) is 3.10. The van der Waals surface area contributed by atoms with Crippen LogP contribution in [0.1, 0.15) is 37.4 Å². The fourth-order valence-corrected chi connectivity index (χ4v) is 3.17. The number of rotatable bonds is 5. The van der Waals surface area contributed by atoms with Crippen molar-refractivity contribution in [1.82, 2.24) is 15.0 Å². The fourth-order valence-electron chi connectivity index (χ4n) is 3.17. The van der Waals surface area contributed by atoms with Gasteiger partial charge >= 0.3 is 5.69 Å². The molecule has 0 spiro atoms. The molecule has 1 aromatic carbocycles. The average molecular weight is 357 g/mol. The van der Waals surface area contributed by atoms with E-state index in [0.29, 0.717) is 12.1 Å². The van der Waals surface area contributed by atoms with Gasteiger partial charge in [-0.25, -0.2) is 4.79 Å². The van der Waals surface area contributed by atoms with E-state index in [0.717, 1.165) is 28.9 Å². The van der Waals surface area contributed by atoms with Crippen molar-refractivity contribution in [1.29, 1.82) is 0 Å². The summed E-state index contributed by atoms with van der Waals surface area (Å²) >= 11 is 0. The highest BCUT2D eigenvalue weighted by molar-refractivity contribution is 6.03. The largest absolute Gasteiger partial charge is 0.494 e. The van der Waals surface area contributed by atoms with Gasteiger partial charge in [-0.3, -0.25) is 14.3 Å². The summed E-state index contributed by atoms with van der Waals surface area (Å²) in [7, 11) is 1.39. The van der Waals surface area contributed by atoms with E-state index in [2.05, 4.69) is 46.4 Å². The van der Waals surface area contributed by atoms with Crippen LogP contribution in [-0.2, 0) is 7.05 Å². The summed E-state index contributed by atoms with van der Waals surface area (Å²) in [5.74, 6) is -0.378. The van der Waals surface area contributed by atoms with E-state index in [4.69, 9.17) is 0 Å². The summed E-state index contributed by atoms with van der Waals surface area (Å²) in [5, 5.41) is 14.4. The van der Waals surface area contributed by atoms with Crippen LogP contribution in [0.25, 0.3) is 0 Å². The van der Waals surface area contributed by atoms with E-state index < -0.39 is 11.2 Å². The minimum atomic E-state index is -0.661. The smallest absolute Gasteiger partial charge is 0.330 e. The quantitative estimate of drug-likeness (QED) is 0.743. The lowest BCUT2D eigenvalue weighted by Crippen LogP contribution is -2.32. The summed E-state index contributed by atoms with van der Waals surface area (Å²) in [6.45, 7) is 6.12. The molecular formula is C18H23N5O3. The van der Waals surface area contributed by atoms with Gasteiger partial charge in [0, 0.05) is 32.2 Å². The second-order valence-electron chi connectivity index (χ2n) is 6.23. The summed E-state index contributed by atoms with van der Waals surface area (Å²) in [6.07, 6.45) is 0.444. The summed E-state index contributed by atoms with van der Waals surface area (Å²) in [5.41, 5.74) is 4.37. The topological polar surface area (TPSA) is 103 Å². The molecule has 2 aromatic rings. The number of aromatic amines is 1. The van der Waals surface area contributed by atoms with E-state index in [-0.39, 0.29) is 17.5 Å². The van der Waals surface area contributed by atoms with Crippen LogP contribution in [0.15, 0.2) is 39.0 Å². The van der Waals surface area contributed by atoms with Gasteiger partial charge in [-0.2, -0.15) is 5.10 Å². The van der Waals surface area contributed by atoms with E-state index in [1.54, 1.807) is 0 Å². The van der Waals surface area contributed by atoms with Crippen molar-refractivity contribution in [3.8, 4) is 5.88 Å². The van der Waals surface area contributed by atoms with E-state index in [1.165, 1.54) is 7.05 Å². The number of benzene rings is 1. The first-order chi connectivity index (χ1) is 12.5. The Bertz CT molecular complexity index is 939. The molecule has 0 bridgehead atoms. The molecule has 0 fully saturated rings. The Morgan fingerprint density at radius 1 is 1.23 bits per heavy atom. The maximum atomic E-state index is 12.1. The first-order valence-electron chi connectivity index (χ1n) is 8.65. The Balaban J connectivity index is 1.82. The zero-order valence-corrected chi connectivity index (χ0v) is 15.1. The molecular weight excluding hydrogens is 334 g/mol. The zero-order chi connectivity index (χ0) is 18.8. The van der Waals surface area contributed by atoms with Gasteiger partial charge < -0.3 is 15.4 Å². The van der Waals surface area contributed by atoms with Crippen molar-refractivity contribution in [3.05, 3.63) is 56.2 Å². The molecule has 1 unspecified atom stereocenters. The minimum Gasteiger partial charge on any atom is -0.494 e. The van der Waals surface area contributed by atoms with Crippen LogP contribution in [0.2, 0.25) is 0 Å². The number of hydrazone groups is 1.